The van der Waals surface area contributed by atoms with Gasteiger partial charge < -0.3 is 5.32 Å². The van der Waals surface area contributed by atoms with Gasteiger partial charge in [0, 0.05) is 10.6 Å². The molecule has 2 aliphatic rings. The van der Waals surface area contributed by atoms with Crippen LogP contribution in [0.4, 0.5) is 5.00 Å². The molecule has 2 heterocycles. The highest BCUT2D eigenvalue weighted by molar-refractivity contribution is 8.00. The third-order valence-corrected chi connectivity index (χ3v) is 7.71. The number of nitriles is 2. The second-order valence-corrected chi connectivity index (χ2v) is 9.55. The van der Waals surface area contributed by atoms with Crippen LogP contribution in [0, 0.1) is 22.7 Å². The van der Waals surface area contributed by atoms with E-state index in [9.17, 15) is 15.3 Å². The average molecular weight is 423 g/mol. The molecule has 0 aliphatic heterocycles. The number of pyridine rings is 1. The van der Waals surface area contributed by atoms with E-state index in [1.807, 2.05) is 6.07 Å². The van der Waals surface area contributed by atoms with Crippen LogP contribution in [0.3, 0.4) is 0 Å². The quantitative estimate of drug-likeness (QED) is 0.566. The Kier molecular flexibility index (Phi) is 6.18. The van der Waals surface area contributed by atoms with E-state index in [1.54, 1.807) is 11.3 Å². The van der Waals surface area contributed by atoms with Gasteiger partial charge in [-0.25, -0.2) is 4.98 Å². The number of carbonyl (C=O) groups is 1. The SMILES string of the molecule is N#Cc1cc2c(nc1SCC(=O)Nc1sc3c(c1C#N)CCCCC3)CCCC2. The Morgan fingerprint density at radius 1 is 1.10 bits per heavy atom. The van der Waals surface area contributed by atoms with Crippen LogP contribution in [-0.4, -0.2) is 16.6 Å². The predicted molar refractivity (Wildman–Crippen MR) is 115 cm³/mol. The summed E-state index contributed by atoms with van der Waals surface area (Å²) >= 11 is 2.84. The minimum Gasteiger partial charge on any atom is -0.316 e. The second kappa shape index (κ2) is 8.98. The Bertz CT molecular complexity index is 1030. The van der Waals surface area contributed by atoms with Crippen LogP contribution < -0.4 is 5.32 Å². The lowest BCUT2D eigenvalue weighted by Gasteiger charge is -2.16. The van der Waals surface area contributed by atoms with Crippen LogP contribution >= 0.6 is 23.1 Å². The van der Waals surface area contributed by atoms with E-state index < -0.39 is 0 Å². The lowest BCUT2D eigenvalue weighted by molar-refractivity contribution is -0.113. The van der Waals surface area contributed by atoms with E-state index >= 15 is 0 Å². The van der Waals surface area contributed by atoms with E-state index in [0.717, 1.165) is 62.6 Å². The summed E-state index contributed by atoms with van der Waals surface area (Å²) in [6, 6.07) is 6.45. The average Bonchev–Trinajstić information content (AvgIpc) is 2.90. The number of nitrogens with one attached hydrogen (secondary N) is 1. The fraction of sp³-hybridized carbons (Fsp3) is 0.455. The van der Waals surface area contributed by atoms with Crippen LogP contribution in [0.15, 0.2) is 11.1 Å². The van der Waals surface area contributed by atoms with E-state index in [-0.39, 0.29) is 11.7 Å². The van der Waals surface area contributed by atoms with Gasteiger partial charge in [0.2, 0.25) is 5.91 Å². The van der Waals surface area contributed by atoms with Crippen molar-refractivity contribution >= 4 is 34.0 Å². The zero-order chi connectivity index (χ0) is 20.2. The van der Waals surface area contributed by atoms with Crippen molar-refractivity contribution in [3.8, 4) is 12.1 Å². The molecule has 0 unspecified atom stereocenters. The van der Waals surface area contributed by atoms with Crippen LogP contribution in [-0.2, 0) is 30.5 Å². The Hall–Kier alpha value is -2.35. The molecule has 5 nitrogen and oxygen atoms in total. The van der Waals surface area contributed by atoms with Crippen molar-refractivity contribution in [3.63, 3.8) is 0 Å². The van der Waals surface area contributed by atoms with Gasteiger partial charge in [-0.15, -0.1) is 11.3 Å². The number of aromatic nitrogens is 1. The molecule has 7 heteroatoms. The van der Waals surface area contributed by atoms with E-state index in [2.05, 4.69) is 22.4 Å². The number of rotatable bonds is 4. The smallest absolute Gasteiger partial charge is 0.235 e. The van der Waals surface area contributed by atoms with Gasteiger partial charge >= 0.3 is 0 Å². The second-order valence-electron chi connectivity index (χ2n) is 7.48. The number of anilines is 1. The summed E-state index contributed by atoms with van der Waals surface area (Å²) in [5.74, 6) is 0.0137. The maximum atomic E-state index is 12.6. The van der Waals surface area contributed by atoms with E-state index in [1.165, 1.54) is 28.6 Å². The molecular weight excluding hydrogens is 400 g/mol. The van der Waals surface area contributed by atoms with Crippen molar-refractivity contribution < 1.29 is 4.79 Å². The summed E-state index contributed by atoms with van der Waals surface area (Å²) in [4.78, 5) is 18.5. The minimum atomic E-state index is -0.161. The highest BCUT2D eigenvalue weighted by Gasteiger charge is 2.21. The van der Waals surface area contributed by atoms with Crippen molar-refractivity contribution in [2.45, 2.75) is 62.8 Å². The summed E-state index contributed by atoms with van der Waals surface area (Å²) in [7, 11) is 0. The number of fused-ring (bicyclic) bond motifs is 2. The number of aryl methyl sites for hydroxylation is 3. The highest BCUT2D eigenvalue weighted by atomic mass is 32.2. The third kappa shape index (κ3) is 4.32. The van der Waals surface area contributed by atoms with E-state index in [0.29, 0.717) is 21.2 Å². The van der Waals surface area contributed by atoms with Gasteiger partial charge in [-0.2, -0.15) is 10.5 Å². The molecule has 2 aromatic heterocycles. The molecule has 0 saturated heterocycles. The molecule has 0 atom stereocenters. The summed E-state index contributed by atoms with van der Waals surface area (Å²) < 4.78 is 0. The molecule has 0 fully saturated rings. The molecule has 4 rings (SSSR count). The molecule has 0 radical (unpaired) electrons. The van der Waals surface area contributed by atoms with Crippen LogP contribution in [0.2, 0.25) is 0 Å². The van der Waals surface area contributed by atoms with Crippen molar-refractivity contribution in [2.24, 2.45) is 0 Å². The molecule has 2 aliphatic carbocycles. The zero-order valence-corrected chi connectivity index (χ0v) is 17.8. The molecule has 2 aromatic rings. The maximum Gasteiger partial charge on any atom is 0.235 e. The van der Waals surface area contributed by atoms with Gasteiger partial charge in [-0.1, -0.05) is 18.2 Å². The first-order valence-electron chi connectivity index (χ1n) is 10.1. The molecule has 148 valence electrons. The summed E-state index contributed by atoms with van der Waals surface area (Å²) in [6.07, 6.45) is 9.52. The van der Waals surface area contributed by atoms with Crippen LogP contribution in [0.5, 0.6) is 0 Å². The number of nitrogens with zero attached hydrogens (tertiary/aromatic N) is 3. The first-order chi connectivity index (χ1) is 14.2. The number of amides is 1. The minimum absolute atomic E-state index is 0.161. The zero-order valence-electron chi connectivity index (χ0n) is 16.2. The Morgan fingerprint density at radius 3 is 2.72 bits per heavy atom. The summed E-state index contributed by atoms with van der Waals surface area (Å²) in [6.45, 7) is 0. The first kappa shape index (κ1) is 19.9. The number of carbonyl (C=O) groups excluding carboxylic acids is 1. The number of thiophene rings is 1. The fourth-order valence-electron chi connectivity index (χ4n) is 4.05. The van der Waals surface area contributed by atoms with Crippen molar-refractivity contribution in [3.05, 3.63) is 38.9 Å². The van der Waals surface area contributed by atoms with Crippen LogP contribution in [0.25, 0.3) is 0 Å². The fourth-order valence-corrected chi connectivity index (χ4v) is 6.08. The molecule has 0 saturated carbocycles. The van der Waals surface area contributed by atoms with Crippen LogP contribution in [0.1, 0.15) is 64.9 Å². The van der Waals surface area contributed by atoms with Gasteiger partial charge in [-0.05, 0) is 68.6 Å². The van der Waals surface area contributed by atoms with Gasteiger partial charge in [-0.3, -0.25) is 4.79 Å². The molecule has 0 spiro atoms. The molecule has 0 aromatic carbocycles. The van der Waals surface area contributed by atoms with Crippen molar-refractivity contribution in [1.82, 2.24) is 4.98 Å². The Labute approximate surface area is 179 Å². The van der Waals surface area contributed by atoms with E-state index in [4.69, 9.17) is 0 Å². The largest absolute Gasteiger partial charge is 0.316 e. The summed E-state index contributed by atoms with van der Waals surface area (Å²) in [5.41, 5.74) is 4.53. The molecule has 29 heavy (non-hydrogen) atoms. The highest BCUT2D eigenvalue weighted by Crippen LogP contribution is 2.37. The van der Waals surface area contributed by atoms with Crippen molar-refractivity contribution in [2.75, 3.05) is 11.1 Å². The topological polar surface area (TPSA) is 89.6 Å². The molecule has 0 bridgehead atoms. The van der Waals surface area contributed by atoms with Gasteiger partial charge in [0.15, 0.2) is 0 Å². The Morgan fingerprint density at radius 2 is 1.90 bits per heavy atom. The lowest BCUT2D eigenvalue weighted by atomic mass is 9.95. The molecule has 1 amide bonds. The third-order valence-electron chi connectivity index (χ3n) is 5.51. The van der Waals surface area contributed by atoms with Gasteiger partial charge in [0.25, 0.3) is 0 Å². The van der Waals surface area contributed by atoms with Gasteiger partial charge in [0.05, 0.1) is 16.9 Å². The van der Waals surface area contributed by atoms with Gasteiger partial charge in [0.1, 0.15) is 22.2 Å². The lowest BCUT2D eigenvalue weighted by Crippen LogP contribution is -2.15. The molecule has 1 N–H and O–H groups in total. The normalized spacial score (nSPS) is 15.4. The molecular formula is C22H22N4OS2. The monoisotopic (exact) mass is 422 g/mol. The number of thioether (sulfide) groups is 1. The maximum absolute atomic E-state index is 12.6. The van der Waals surface area contributed by atoms with Crippen molar-refractivity contribution in [1.29, 1.82) is 10.5 Å². The number of hydrogen-bond acceptors (Lipinski definition) is 6. The number of hydrogen-bond donors (Lipinski definition) is 1. The first-order valence-corrected chi connectivity index (χ1v) is 11.9. The summed E-state index contributed by atoms with van der Waals surface area (Å²) in [5, 5.41) is 23.3. The standard InChI is InChI=1S/C22H22N4OS2/c23-11-15-10-14-6-4-5-8-18(14)25-21(15)28-13-20(27)26-22-17(12-24)16-7-2-1-3-9-19(16)29-22/h10H,1-9,13H2,(H,26,27). The Balaban J connectivity index is 1.46. The predicted octanol–water partition coefficient (Wildman–Crippen LogP) is 4.76.